The first-order valence-electron chi connectivity index (χ1n) is 7.05. The van der Waals surface area contributed by atoms with Crippen molar-refractivity contribution in [3.8, 4) is 0 Å². The second kappa shape index (κ2) is 6.52. The molecule has 1 fully saturated rings. The molecule has 1 saturated heterocycles. The highest BCUT2D eigenvalue weighted by Crippen LogP contribution is 2.55. The van der Waals surface area contributed by atoms with Gasteiger partial charge >= 0.3 is 5.97 Å². The smallest absolute Gasteiger partial charge is 0.320 e. The van der Waals surface area contributed by atoms with Crippen LogP contribution < -0.4 is 0 Å². The maximum Gasteiger partial charge on any atom is 0.320 e. The van der Waals surface area contributed by atoms with E-state index in [0.29, 0.717) is 0 Å². The summed E-state index contributed by atoms with van der Waals surface area (Å²) in [4.78, 5) is 24.0. The summed E-state index contributed by atoms with van der Waals surface area (Å²) >= 11 is 1.61. The number of alkyl halides is 1. The first kappa shape index (κ1) is 19.0. The van der Waals surface area contributed by atoms with E-state index in [0.717, 1.165) is 5.56 Å². The van der Waals surface area contributed by atoms with Gasteiger partial charge in [0.15, 0.2) is 14.7 Å². The second-order valence-electron chi connectivity index (χ2n) is 5.56. The zero-order valence-corrected chi connectivity index (χ0v) is 15.9. The summed E-state index contributed by atoms with van der Waals surface area (Å²) in [5.74, 6) is -2.63. The van der Waals surface area contributed by atoms with Crippen molar-refractivity contribution in [1.82, 2.24) is 5.12 Å². The summed E-state index contributed by atoms with van der Waals surface area (Å²) in [6.45, 7) is 2.46. The third-order valence-electron chi connectivity index (χ3n) is 4.35. The fourth-order valence-corrected chi connectivity index (χ4v) is 4.91. The number of carboxylic acid groups (broad SMARTS) is 1. The Labute approximate surface area is 153 Å². The summed E-state index contributed by atoms with van der Waals surface area (Å²) in [7, 11) is -2.99. The van der Waals surface area contributed by atoms with Gasteiger partial charge in [-0.25, -0.2) is 0 Å². The summed E-state index contributed by atoms with van der Waals surface area (Å²) in [5, 5.41) is 9.92. The molecule has 2 rings (SSSR count). The summed E-state index contributed by atoms with van der Waals surface area (Å²) in [6, 6.07) is 6.46. The Morgan fingerprint density at radius 2 is 1.92 bits per heavy atom. The number of Topliss-reactive ketones (excluding diaryl/α,β-unsaturated/α-hetero) is 1. The molecule has 1 aliphatic heterocycles. The van der Waals surface area contributed by atoms with Crippen LogP contribution in [0.1, 0.15) is 24.5 Å². The lowest BCUT2D eigenvalue weighted by Gasteiger charge is -2.48. The number of aryl methyl sites for hydroxylation is 1. The minimum Gasteiger partial charge on any atom is -0.480 e. The van der Waals surface area contributed by atoms with E-state index in [1.165, 1.54) is 6.92 Å². The van der Waals surface area contributed by atoms with Crippen LogP contribution in [0.3, 0.4) is 0 Å². The molecular formula is C15H15FINO5S. The van der Waals surface area contributed by atoms with Crippen molar-refractivity contribution in [2.24, 2.45) is 5.41 Å². The lowest BCUT2D eigenvalue weighted by atomic mass is 9.68. The van der Waals surface area contributed by atoms with E-state index in [1.54, 1.807) is 46.9 Å². The molecule has 1 aliphatic rings. The molecule has 6 nitrogen and oxygen atoms in total. The third kappa shape index (κ3) is 2.49. The number of nitrogens with zero attached hydrogens (tertiary/aromatic N) is 1. The first-order chi connectivity index (χ1) is 11.1. The molecule has 1 aromatic rings. The third-order valence-corrected chi connectivity index (χ3v) is 7.14. The second-order valence-corrected chi connectivity index (χ2v) is 8.08. The molecule has 0 aliphatic carbocycles. The van der Waals surface area contributed by atoms with Gasteiger partial charge in [0.25, 0.3) is 0 Å². The van der Waals surface area contributed by atoms with Crippen molar-refractivity contribution in [2.75, 3.05) is 6.54 Å². The van der Waals surface area contributed by atoms with Gasteiger partial charge in [-0.3, -0.25) is 9.59 Å². The van der Waals surface area contributed by atoms with Crippen LogP contribution >= 0.6 is 22.6 Å². The SMILES string of the molecule is CCC1(C(=O)O)C(=O)C(=S(=O)=O)CN(F)C1(I)c1ccc(C)cc1. The molecule has 0 bridgehead atoms. The maximum atomic E-state index is 15.0. The van der Waals surface area contributed by atoms with E-state index in [-0.39, 0.29) is 17.1 Å². The van der Waals surface area contributed by atoms with E-state index in [9.17, 15) is 27.6 Å². The van der Waals surface area contributed by atoms with Gasteiger partial charge in [0, 0.05) is 0 Å². The monoisotopic (exact) mass is 467 g/mol. The van der Waals surface area contributed by atoms with Crippen molar-refractivity contribution in [1.29, 1.82) is 0 Å². The van der Waals surface area contributed by atoms with Crippen LogP contribution in [0, 0.1) is 12.3 Å². The lowest BCUT2D eigenvalue weighted by molar-refractivity contribution is -0.171. The van der Waals surface area contributed by atoms with Crippen LogP contribution in [0.4, 0.5) is 4.48 Å². The predicted octanol–water partition coefficient (Wildman–Crippen LogP) is 1.88. The zero-order valence-electron chi connectivity index (χ0n) is 12.9. The van der Waals surface area contributed by atoms with E-state index in [1.807, 2.05) is 6.92 Å². The number of aliphatic carboxylic acids is 1. The highest BCUT2D eigenvalue weighted by atomic mass is 127. The maximum absolute atomic E-state index is 15.0. The summed E-state index contributed by atoms with van der Waals surface area (Å²) in [5.41, 5.74) is -1.09. The fourth-order valence-electron chi connectivity index (χ4n) is 2.98. The number of piperidine rings is 1. The largest absolute Gasteiger partial charge is 0.480 e. The fraction of sp³-hybridized carbons (Fsp3) is 0.400. The van der Waals surface area contributed by atoms with Crippen LogP contribution in [-0.2, 0) is 23.4 Å². The van der Waals surface area contributed by atoms with Gasteiger partial charge in [-0.1, -0.05) is 59.3 Å². The molecular weight excluding hydrogens is 452 g/mol. The average molecular weight is 467 g/mol. The Bertz CT molecular complexity index is 830. The normalized spacial score (nSPS) is 28.0. The van der Waals surface area contributed by atoms with Crippen molar-refractivity contribution < 1.29 is 27.6 Å². The van der Waals surface area contributed by atoms with Crippen LogP contribution in [0.15, 0.2) is 24.3 Å². The van der Waals surface area contributed by atoms with Crippen molar-refractivity contribution >= 4 is 49.5 Å². The highest BCUT2D eigenvalue weighted by Gasteiger charge is 2.68. The first-order valence-corrected chi connectivity index (χ1v) is 9.21. The quantitative estimate of drug-likeness (QED) is 0.182. The van der Waals surface area contributed by atoms with Gasteiger partial charge in [-0.15, -0.1) is 9.60 Å². The van der Waals surface area contributed by atoms with Crippen LogP contribution in [0.2, 0.25) is 0 Å². The molecule has 130 valence electrons. The highest BCUT2D eigenvalue weighted by molar-refractivity contribution is 14.1. The van der Waals surface area contributed by atoms with Crippen LogP contribution in [0.5, 0.6) is 0 Å². The number of halogens is 2. The van der Waals surface area contributed by atoms with Crippen molar-refractivity contribution in [3.05, 3.63) is 35.4 Å². The lowest BCUT2D eigenvalue weighted by Crippen LogP contribution is -2.66. The molecule has 24 heavy (non-hydrogen) atoms. The van der Waals surface area contributed by atoms with Gasteiger partial charge in [-0.05, 0) is 18.9 Å². The van der Waals surface area contributed by atoms with Crippen LogP contribution in [0.25, 0.3) is 0 Å². The minimum atomic E-state index is -2.99. The molecule has 0 spiro atoms. The van der Waals surface area contributed by atoms with E-state index in [2.05, 4.69) is 0 Å². The summed E-state index contributed by atoms with van der Waals surface area (Å²) < 4.78 is 35.7. The zero-order chi connectivity index (χ0) is 18.3. The molecule has 2 unspecified atom stereocenters. The number of carboxylic acids is 1. The Morgan fingerprint density at radius 3 is 2.33 bits per heavy atom. The Morgan fingerprint density at radius 1 is 1.38 bits per heavy atom. The summed E-state index contributed by atoms with van der Waals surface area (Å²) in [6.07, 6.45) is -0.265. The van der Waals surface area contributed by atoms with Crippen molar-refractivity contribution in [3.63, 3.8) is 0 Å². The van der Waals surface area contributed by atoms with Gasteiger partial charge in [0.2, 0.25) is 10.3 Å². The number of rotatable bonds is 3. The Balaban J connectivity index is 2.86. The molecule has 0 radical (unpaired) electrons. The number of carbonyl (C=O) groups is 2. The Kier molecular flexibility index (Phi) is 5.17. The molecule has 0 amide bonds. The molecule has 1 N–H and O–H groups in total. The Hall–Kier alpha value is -1.33. The number of carbonyl (C=O) groups excluding carboxylic acids is 1. The molecule has 2 atom stereocenters. The van der Waals surface area contributed by atoms with Gasteiger partial charge < -0.3 is 5.11 Å². The number of hydrogen-bond acceptors (Lipinski definition) is 5. The van der Waals surface area contributed by atoms with Crippen molar-refractivity contribution in [2.45, 2.75) is 23.8 Å². The molecule has 0 saturated carbocycles. The minimum absolute atomic E-state index is 0.127. The van der Waals surface area contributed by atoms with Gasteiger partial charge in [0.1, 0.15) is 4.86 Å². The number of ketones is 1. The topological polar surface area (TPSA) is 91.7 Å². The predicted molar refractivity (Wildman–Crippen MR) is 94.0 cm³/mol. The van der Waals surface area contributed by atoms with Crippen LogP contribution in [-0.4, -0.2) is 41.8 Å². The van der Waals surface area contributed by atoms with Gasteiger partial charge in [-0.2, -0.15) is 8.42 Å². The molecule has 1 heterocycles. The molecule has 0 aromatic heterocycles. The average Bonchev–Trinajstić information content (AvgIpc) is 2.51. The number of hydrogen-bond donors (Lipinski definition) is 1. The molecule has 1 aromatic carbocycles. The van der Waals surface area contributed by atoms with E-state index in [4.69, 9.17) is 0 Å². The van der Waals surface area contributed by atoms with Gasteiger partial charge in [0.05, 0.1) is 6.54 Å². The number of benzene rings is 1. The van der Waals surface area contributed by atoms with E-state index < -0.39 is 42.4 Å². The van der Waals surface area contributed by atoms with E-state index >= 15 is 0 Å². The molecule has 9 heteroatoms. The standard InChI is InChI=1S/C15H15FINO5S/c1-3-14(13(20)21)12(19)11(24(22)23)8-18(16)15(14,17)10-6-4-9(2)5-7-10/h4-7H,3,8H2,1-2H3,(H,20,21).